The van der Waals surface area contributed by atoms with Gasteiger partial charge in [-0.05, 0) is 25.0 Å². The molecule has 0 aliphatic rings. The summed E-state index contributed by atoms with van der Waals surface area (Å²) in [6.07, 6.45) is 18.9. The summed E-state index contributed by atoms with van der Waals surface area (Å²) in [5, 5.41) is 0. The molecule has 0 radical (unpaired) electrons. The van der Waals surface area contributed by atoms with Gasteiger partial charge < -0.3 is 28.3 Å². The standard InChI is InChI=1S/C26H51O8PS.2Na/c1-2-3-4-5-6-7-8-9-10-11-13-16-19-26(28)34-25(22-33-35(29,30)31)23-36-21-18-15-12-14-17-20-32-24-27;;/h24-25H,2-23H2,1H3,(H2,29,30,31);;/q;2*+1/p-2/t25-;;/m1../s1. The Bertz CT molecular complexity index is 569. The van der Waals surface area contributed by atoms with Crippen LogP contribution in [0.25, 0.3) is 0 Å². The predicted octanol–water partition coefficient (Wildman–Crippen LogP) is -0.301. The number of carbonyl (C=O) groups excluding carboxylic acids is 2. The molecule has 1 atom stereocenters. The molecule has 0 saturated heterocycles. The Hall–Kier alpha value is 1.40. The van der Waals surface area contributed by atoms with E-state index in [1.807, 2.05) is 0 Å². The SMILES string of the molecule is CCCCCCCCCCCCCCC(=O)O[C@H](COP(=O)([O-])[O-])CSCCCCCCCOC=O.[Na+].[Na+]. The van der Waals surface area contributed by atoms with Gasteiger partial charge in [0.05, 0.1) is 21.0 Å². The summed E-state index contributed by atoms with van der Waals surface area (Å²) in [7, 11) is -5.11. The third-order valence-electron chi connectivity index (χ3n) is 5.87. The zero-order valence-electron chi connectivity index (χ0n) is 24.3. The maximum absolute atomic E-state index is 12.2. The Morgan fingerprint density at radius 3 is 1.84 bits per heavy atom. The van der Waals surface area contributed by atoms with Crippen LogP contribution in [0.15, 0.2) is 0 Å². The maximum atomic E-state index is 12.2. The van der Waals surface area contributed by atoms with Gasteiger partial charge in [-0.15, -0.1) is 0 Å². The number of unbranched alkanes of at least 4 members (excludes halogenated alkanes) is 15. The molecule has 0 aromatic heterocycles. The Balaban J connectivity index is -0.00000612. The molecule has 0 unspecified atom stereocenters. The number of carbonyl (C=O) groups is 2. The zero-order valence-corrected chi connectivity index (χ0v) is 30.0. The van der Waals surface area contributed by atoms with Gasteiger partial charge in [0, 0.05) is 12.2 Å². The van der Waals surface area contributed by atoms with Crippen molar-refractivity contribution >= 4 is 32.0 Å². The molecule has 0 aliphatic heterocycles. The summed E-state index contributed by atoms with van der Waals surface area (Å²) in [6, 6.07) is 0. The average molecular weight is 599 g/mol. The van der Waals surface area contributed by atoms with Crippen LogP contribution in [0.3, 0.4) is 0 Å². The summed E-state index contributed by atoms with van der Waals surface area (Å²) in [6.45, 7) is 2.71. The van der Waals surface area contributed by atoms with Gasteiger partial charge in [0.15, 0.2) is 0 Å². The average Bonchev–Trinajstić information content (AvgIpc) is 2.83. The van der Waals surface area contributed by atoms with E-state index in [1.54, 1.807) is 11.8 Å². The first kappa shape index (κ1) is 43.8. The van der Waals surface area contributed by atoms with Crippen LogP contribution < -0.4 is 68.9 Å². The minimum Gasteiger partial charge on any atom is -0.790 e. The zero-order chi connectivity index (χ0) is 26.7. The molecule has 12 heteroatoms. The predicted molar refractivity (Wildman–Crippen MR) is 142 cm³/mol. The van der Waals surface area contributed by atoms with Crippen LogP contribution in [0.4, 0.5) is 0 Å². The molecule has 0 fully saturated rings. The summed E-state index contributed by atoms with van der Waals surface area (Å²) in [5.74, 6) is 0.849. The van der Waals surface area contributed by atoms with Crippen molar-refractivity contribution in [2.24, 2.45) is 0 Å². The minimum atomic E-state index is -5.11. The number of hydrogen-bond donors (Lipinski definition) is 0. The molecule has 0 rings (SSSR count). The van der Waals surface area contributed by atoms with Crippen molar-refractivity contribution in [3.8, 4) is 0 Å². The molecule has 214 valence electrons. The van der Waals surface area contributed by atoms with E-state index in [4.69, 9.17) is 4.74 Å². The molecular weight excluding hydrogens is 549 g/mol. The third-order valence-corrected chi connectivity index (χ3v) is 7.52. The van der Waals surface area contributed by atoms with E-state index in [2.05, 4.69) is 16.2 Å². The molecule has 0 saturated carbocycles. The summed E-state index contributed by atoms with van der Waals surface area (Å²) < 4.78 is 25.3. The molecular formula is C26H49Na2O8PS. The maximum Gasteiger partial charge on any atom is 1.00 e. The first-order chi connectivity index (χ1) is 17.4. The molecule has 0 aliphatic carbocycles. The Morgan fingerprint density at radius 1 is 0.816 bits per heavy atom. The van der Waals surface area contributed by atoms with Crippen LogP contribution >= 0.6 is 19.6 Å². The van der Waals surface area contributed by atoms with Crippen molar-refractivity contribution in [2.75, 3.05) is 24.7 Å². The van der Waals surface area contributed by atoms with Crippen molar-refractivity contribution in [1.82, 2.24) is 0 Å². The van der Waals surface area contributed by atoms with E-state index >= 15 is 0 Å². The van der Waals surface area contributed by atoms with Crippen molar-refractivity contribution in [1.29, 1.82) is 0 Å². The number of hydrogen-bond acceptors (Lipinski definition) is 9. The Morgan fingerprint density at radius 2 is 1.32 bits per heavy atom. The van der Waals surface area contributed by atoms with Gasteiger partial charge in [-0.2, -0.15) is 11.8 Å². The fourth-order valence-electron chi connectivity index (χ4n) is 3.83. The molecule has 0 bridgehead atoms. The second-order valence-electron chi connectivity index (χ2n) is 9.30. The van der Waals surface area contributed by atoms with Crippen LogP contribution in [-0.2, 0) is 28.2 Å². The fourth-order valence-corrected chi connectivity index (χ4v) is 5.18. The first-order valence-corrected chi connectivity index (χ1v) is 16.5. The smallest absolute Gasteiger partial charge is 0.790 e. The van der Waals surface area contributed by atoms with E-state index in [0.29, 0.717) is 25.3 Å². The molecule has 0 spiro atoms. The first-order valence-electron chi connectivity index (χ1n) is 13.9. The number of esters is 1. The van der Waals surface area contributed by atoms with Crippen molar-refractivity contribution in [3.05, 3.63) is 0 Å². The summed E-state index contributed by atoms with van der Waals surface area (Å²) in [4.78, 5) is 43.9. The number of thioether (sulfide) groups is 1. The number of rotatable bonds is 28. The van der Waals surface area contributed by atoms with E-state index in [-0.39, 0.29) is 65.1 Å². The second-order valence-corrected chi connectivity index (χ2v) is 11.6. The van der Waals surface area contributed by atoms with Gasteiger partial charge in [0.2, 0.25) is 0 Å². The largest absolute Gasteiger partial charge is 1.00 e. The number of phosphoric acid groups is 1. The molecule has 0 amide bonds. The monoisotopic (exact) mass is 598 g/mol. The fraction of sp³-hybridized carbons (Fsp3) is 0.923. The quantitative estimate of drug-likeness (QED) is 0.0393. The second kappa shape index (κ2) is 32.9. The van der Waals surface area contributed by atoms with Crippen LogP contribution in [-0.4, -0.2) is 43.3 Å². The Kier molecular flexibility index (Phi) is 38.0. The van der Waals surface area contributed by atoms with Crippen molar-refractivity contribution in [2.45, 2.75) is 129 Å². The van der Waals surface area contributed by atoms with E-state index in [9.17, 15) is 23.9 Å². The van der Waals surface area contributed by atoms with E-state index < -0.39 is 20.5 Å². The molecule has 0 N–H and O–H groups in total. The molecule has 38 heavy (non-hydrogen) atoms. The van der Waals surface area contributed by atoms with Gasteiger partial charge in [0.25, 0.3) is 6.47 Å². The molecule has 0 heterocycles. The molecule has 8 nitrogen and oxygen atoms in total. The van der Waals surface area contributed by atoms with Crippen LogP contribution in [0.5, 0.6) is 0 Å². The Labute approximate surface area is 280 Å². The van der Waals surface area contributed by atoms with Crippen LogP contribution in [0.2, 0.25) is 0 Å². The van der Waals surface area contributed by atoms with E-state index in [0.717, 1.165) is 57.1 Å². The summed E-state index contributed by atoms with van der Waals surface area (Å²) >= 11 is 1.55. The minimum absolute atomic E-state index is 0. The van der Waals surface area contributed by atoms with Gasteiger partial charge >= 0.3 is 65.1 Å². The van der Waals surface area contributed by atoms with Crippen molar-refractivity contribution < 1.29 is 97.1 Å². The van der Waals surface area contributed by atoms with Crippen LogP contribution in [0, 0.1) is 0 Å². The van der Waals surface area contributed by atoms with Gasteiger partial charge in [-0.3, -0.25) is 9.59 Å². The van der Waals surface area contributed by atoms with Crippen molar-refractivity contribution in [3.63, 3.8) is 0 Å². The van der Waals surface area contributed by atoms with E-state index in [1.165, 1.54) is 57.8 Å². The third kappa shape index (κ3) is 35.4. The number of ether oxygens (including phenoxy) is 2. The van der Waals surface area contributed by atoms with Gasteiger partial charge in [-0.25, -0.2) is 0 Å². The summed E-state index contributed by atoms with van der Waals surface area (Å²) in [5.41, 5.74) is 0. The van der Waals surface area contributed by atoms with Gasteiger partial charge in [0.1, 0.15) is 6.10 Å². The van der Waals surface area contributed by atoms with Gasteiger partial charge in [-0.1, -0.05) is 96.8 Å². The molecule has 0 aromatic rings. The topological polar surface area (TPSA) is 125 Å². The normalized spacial score (nSPS) is 11.8. The number of phosphoric ester groups is 1. The van der Waals surface area contributed by atoms with Crippen LogP contribution in [0.1, 0.15) is 122 Å². The molecule has 0 aromatic carbocycles.